The van der Waals surface area contributed by atoms with Crippen LogP contribution in [0.5, 0.6) is 0 Å². The van der Waals surface area contributed by atoms with Crippen molar-refractivity contribution in [2.75, 3.05) is 13.1 Å². The van der Waals surface area contributed by atoms with E-state index in [4.69, 9.17) is 4.42 Å². The van der Waals surface area contributed by atoms with Gasteiger partial charge in [-0.15, -0.1) is 0 Å². The number of carbonyl (C=O) groups is 4. The lowest BCUT2D eigenvalue weighted by Gasteiger charge is -2.30. The van der Waals surface area contributed by atoms with Crippen LogP contribution in [-0.4, -0.2) is 41.2 Å². The van der Waals surface area contributed by atoms with E-state index in [-0.39, 0.29) is 34.1 Å². The molecule has 1 heterocycles. The molecule has 0 N–H and O–H groups in total. The molecule has 148 valence electrons. The fourth-order valence-corrected chi connectivity index (χ4v) is 4.12. The summed E-state index contributed by atoms with van der Waals surface area (Å²) in [7, 11) is 0. The summed E-state index contributed by atoms with van der Waals surface area (Å²) >= 11 is 0. The number of Topliss-reactive ketones (excluding diaryl/α,β-unsaturated/α-hetero) is 2. The molecule has 0 atom stereocenters. The molecule has 0 aliphatic heterocycles. The molecule has 0 saturated carbocycles. The lowest BCUT2D eigenvalue weighted by atomic mass is 9.71. The Balaban J connectivity index is 1.95. The smallest absolute Gasteiger partial charge is 0.257 e. The van der Waals surface area contributed by atoms with Gasteiger partial charge in [-0.05, 0) is 44.9 Å². The highest BCUT2D eigenvalue weighted by Gasteiger charge is 2.42. The Morgan fingerprint density at radius 3 is 2.31 bits per heavy atom. The van der Waals surface area contributed by atoms with Crippen molar-refractivity contribution in [2.45, 2.75) is 33.1 Å². The van der Waals surface area contributed by atoms with Crippen LogP contribution >= 0.6 is 0 Å². The number of rotatable bonds is 3. The molecule has 2 aliphatic rings. The number of amides is 1. The number of allylic oxidation sites excluding steroid dienone is 1. The summed E-state index contributed by atoms with van der Waals surface area (Å²) in [6, 6.07) is 3.48. The van der Waals surface area contributed by atoms with Crippen molar-refractivity contribution in [3.05, 3.63) is 52.3 Å². The van der Waals surface area contributed by atoms with Crippen molar-refractivity contribution in [2.24, 2.45) is 0 Å². The van der Waals surface area contributed by atoms with Gasteiger partial charge in [0.05, 0.1) is 16.5 Å². The molecule has 2 aromatic rings. The van der Waals surface area contributed by atoms with Gasteiger partial charge in [-0.2, -0.15) is 0 Å². The first-order chi connectivity index (χ1) is 13.7. The molecule has 0 radical (unpaired) electrons. The van der Waals surface area contributed by atoms with E-state index in [2.05, 4.69) is 0 Å². The van der Waals surface area contributed by atoms with E-state index in [9.17, 15) is 19.2 Å². The van der Waals surface area contributed by atoms with Crippen LogP contribution in [0.4, 0.5) is 0 Å². The monoisotopic (exact) mass is 391 g/mol. The predicted octanol–water partition coefficient (Wildman–Crippen LogP) is 3.68. The minimum Gasteiger partial charge on any atom is -0.463 e. The number of carbonyl (C=O) groups excluding carboxylic acids is 4. The van der Waals surface area contributed by atoms with Gasteiger partial charge >= 0.3 is 0 Å². The van der Waals surface area contributed by atoms with Crippen LogP contribution < -0.4 is 0 Å². The van der Waals surface area contributed by atoms with Gasteiger partial charge in [0.25, 0.3) is 5.91 Å². The Hall–Kier alpha value is -3.28. The zero-order valence-electron chi connectivity index (χ0n) is 16.8. The highest BCUT2D eigenvalue weighted by Crippen LogP contribution is 2.43. The van der Waals surface area contributed by atoms with Gasteiger partial charge in [0.15, 0.2) is 5.78 Å². The molecule has 1 aromatic carbocycles. The SMILES string of the molecule is CCN(CC)C(=O)c1coc2c1C(=O)C(=O)c1c-2ccc2c1C=CC(=O)C2(C)C. The van der Waals surface area contributed by atoms with E-state index in [1.54, 1.807) is 37.0 Å². The average Bonchev–Trinajstić information content (AvgIpc) is 3.14. The Morgan fingerprint density at radius 1 is 1.00 bits per heavy atom. The molecule has 29 heavy (non-hydrogen) atoms. The largest absolute Gasteiger partial charge is 0.463 e. The summed E-state index contributed by atoms with van der Waals surface area (Å²) in [4.78, 5) is 52.8. The number of hydrogen-bond donors (Lipinski definition) is 0. The van der Waals surface area contributed by atoms with E-state index < -0.39 is 17.0 Å². The molecule has 0 bridgehead atoms. The molecule has 0 spiro atoms. The molecular weight excluding hydrogens is 370 g/mol. The van der Waals surface area contributed by atoms with Crippen molar-refractivity contribution >= 4 is 29.3 Å². The maximum Gasteiger partial charge on any atom is 0.257 e. The predicted molar refractivity (Wildman–Crippen MR) is 107 cm³/mol. The first-order valence-corrected chi connectivity index (χ1v) is 9.64. The molecule has 0 fully saturated rings. The lowest BCUT2D eigenvalue weighted by molar-refractivity contribution is -0.118. The number of furan rings is 1. The average molecular weight is 391 g/mol. The molecule has 4 rings (SSSR count). The van der Waals surface area contributed by atoms with E-state index >= 15 is 0 Å². The standard InChI is InChI=1S/C23H21NO5/c1-5-24(6-2)22(28)14-11-29-21-13-7-9-15-12(8-10-16(25)23(15,3)4)17(13)19(26)20(27)18(14)21/h7-11H,5-6H2,1-4H3. The number of nitrogens with zero attached hydrogens (tertiary/aromatic N) is 1. The quantitative estimate of drug-likeness (QED) is 0.745. The molecule has 1 aromatic heterocycles. The van der Waals surface area contributed by atoms with Crippen molar-refractivity contribution in [1.29, 1.82) is 0 Å². The molecule has 0 unspecified atom stereocenters. The zero-order chi connectivity index (χ0) is 21.1. The van der Waals surface area contributed by atoms with Crippen LogP contribution in [0.25, 0.3) is 17.4 Å². The first-order valence-electron chi connectivity index (χ1n) is 9.64. The lowest BCUT2D eigenvalue weighted by Crippen LogP contribution is -2.34. The van der Waals surface area contributed by atoms with Gasteiger partial charge in [-0.25, -0.2) is 0 Å². The summed E-state index contributed by atoms with van der Waals surface area (Å²) in [6.45, 7) is 8.23. The second kappa shape index (κ2) is 6.37. The van der Waals surface area contributed by atoms with Crippen LogP contribution in [0.15, 0.2) is 28.9 Å². The van der Waals surface area contributed by atoms with Gasteiger partial charge in [0, 0.05) is 24.2 Å². The minimum atomic E-state index is -0.796. The molecule has 6 heteroatoms. The zero-order valence-corrected chi connectivity index (χ0v) is 16.8. The summed E-state index contributed by atoms with van der Waals surface area (Å²) in [5, 5.41) is 0. The summed E-state index contributed by atoms with van der Waals surface area (Å²) in [5.74, 6) is -1.62. The first kappa shape index (κ1) is 19.1. The Labute approximate surface area is 168 Å². The third kappa shape index (κ3) is 2.48. The van der Waals surface area contributed by atoms with E-state index in [1.165, 1.54) is 12.3 Å². The number of benzene rings is 1. The number of fused-ring (bicyclic) bond motifs is 5. The fraction of sp³-hybridized carbons (Fsp3) is 0.304. The second-order valence-electron chi connectivity index (χ2n) is 7.76. The van der Waals surface area contributed by atoms with Crippen molar-refractivity contribution in [1.82, 2.24) is 4.90 Å². The number of hydrogen-bond acceptors (Lipinski definition) is 5. The normalized spacial score (nSPS) is 16.3. The van der Waals surface area contributed by atoms with Gasteiger partial charge in [-0.3, -0.25) is 19.2 Å². The topological polar surface area (TPSA) is 84.7 Å². The maximum absolute atomic E-state index is 13.1. The third-order valence-electron chi connectivity index (χ3n) is 5.91. The summed E-state index contributed by atoms with van der Waals surface area (Å²) < 4.78 is 5.65. The molecular formula is C23H21NO5. The van der Waals surface area contributed by atoms with E-state index in [0.717, 1.165) is 0 Å². The van der Waals surface area contributed by atoms with Gasteiger partial charge in [0.1, 0.15) is 12.0 Å². The van der Waals surface area contributed by atoms with Crippen LogP contribution in [-0.2, 0) is 10.2 Å². The molecule has 2 aliphatic carbocycles. The second-order valence-corrected chi connectivity index (χ2v) is 7.76. The Kier molecular flexibility index (Phi) is 4.19. The fourth-order valence-electron chi connectivity index (χ4n) is 4.12. The maximum atomic E-state index is 13.1. The highest BCUT2D eigenvalue weighted by molar-refractivity contribution is 6.54. The van der Waals surface area contributed by atoms with Crippen molar-refractivity contribution in [3.63, 3.8) is 0 Å². The van der Waals surface area contributed by atoms with E-state index in [1.807, 2.05) is 13.8 Å². The van der Waals surface area contributed by atoms with Crippen LogP contribution in [0.3, 0.4) is 0 Å². The van der Waals surface area contributed by atoms with Gasteiger partial charge < -0.3 is 9.32 Å². The summed E-state index contributed by atoms with van der Waals surface area (Å²) in [5.41, 5.74) is 1.29. The van der Waals surface area contributed by atoms with Crippen LogP contribution in [0, 0.1) is 0 Å². The number of ketones is 3. The highest BCUT2D eigenvalue weighted by atomic mass is 16.3. The van der Waals surface area contributed by atoms with Gasteiger partial charge in [-0.1, -0.05) is 18.2 Å². The van der Waals surface area contributed by atoms with Crippen LogP contribution in [0.1, 0.15) is 69.9 Å². The Bertz CT molecular complexity index is 1130. The van der Waals surface area contributed by atoms with Crippen LogP contribution in [0.2, 0.25) is 0 Å². The minimum absolute atomic E-state index is 0.0227. The van der Waals surface area contributed by atoms with E-state index in [0.29, 0.717) is 29.8 Å². The van der Waals surface area contributed by atoms with Gasteiger partial charge in [0.2, 0.25) is 11.6 Å². The summed E-state index contributed by atoms with van der Waals surface area (Å²) in [6.07, 6.45) is 4.28. The van der Waals surface area contributed by atoms with Crippen molar-refractivity contribution in [3.8, 4) is 11.3 Å². The molecule has 1 amide bonds. The Morgan fingerprint density at radius 2 is 1.66 bits per heavy atom. The molecule has 0 saturated heterocycles. The molecule has 6 nitrogen and oxygen atoms in total. The van der Waals surface area contributed by atoms with Crippen molar-refractivity contribution < 1.29 is 23.6 Å². The third-order valence-corrected chi connectivity index (χ3v) is 5.91.